The van der Waals surface area contributed by atoms with E-state index in [9.17, 15) is 8.78 Å². The Bertz CT molecular complexity index is 607. The molecule has 7 heteroatoms. The van der Waals surface area contributed by atoms with Gasteiger partial charge in [0.15, 0.2) is 16.7 Å². The number of halogens is 3. The number of aryl methyl sites for hydroxylation is 1. The van der Waals surface area contributed by atoms with Gasteiger partial charge in [-0.1, -0.05) is 11.6 Å². The van der Waals surface area contributed by atoms with E-state index < -0.39 is 11.6 Å². The summed E-state index contributed by atoms with van der Waals surface area (Å²) in [6.07, 6.45) is 0. The van der Waals surface area contributed by atoms with Gasteiger partial charge in [-0.2, -0.15) is 4.98 Å². The van der Waals surface area contributed by atoms with E-state index in [-0.39, 0.29) is 22.5 Å². The van der Waals surface area contributed by atoms with E-state index in [1.165, 1.54) is 0 Å². The number of rotatable bonds is 2. The molecule has 0 amide bonds. The molecule has 0 saturated heterocycles. The van der Waals surface area contributed by atoms with Gasteiger partial charge in [0.1, 0.15) is 17.3 Å². The van der Waals surface area contributed by atoms with Gasteiger partial charge in [0, 0.05) is 6.07 Å². The number of nitrogens with zero attached hydrogens (tertiary/aromatic N) is 2. The minimum atomic E-state index is -0.859. The zero-order valence-corrected chi connectivity index (χ0v) is 10.0. The van der Waals surface area contributed by atoms with E-state index in [0.717, 1.165) is 12.1 Å². The van der Waals surface area contributed by atoms with Crippen LogP contribution >= 0.6 is 11.6 Å². The van der Waals surface area contributed by atoms with Gasteiger partial charge >= 0.3 is 0 Å². The van der Waals surface area contributed by atoms with Crippen LogP contribution in [0.3, 0.4) is 0 Å². The molecular formula is C11H8ClF2N3O. The van der Waals surface area contributed by atoms with Crippen LogP contribution in [0.1, 0.15) is 5.82 Å². The highest BCUT2D eigenvalue weighted by Gasteiger charge is 2.13. The smallest absolute Gasteiger partial charge is 0.247 e. The van der Waals surface area contributed by atoms with E-state index in [0.29, 0.717) is 11.9 Å². The van der Waals surface area contributed by atoms with Gasteiger partial charge in [-0.05, 0) is 19.1 Å². The highest BCUT2D eigenvalue weighted by atomic mass is 35.5. The van der Waals surface area contributed by atoms with Crippen LogP contribution in [0, 0.1) is 18.6 Å². The lowest BCUT2D eigenvalue weighted by molar-refractivity contribution is 0.423. The standard InChI is InChI=1S/C11H8ClF2N3O/c1-5-16-10(12)9(15)11(17-5)18-8-3-2-6(13)4-7(8)14/h2-4H,15H2,1H3. The predicted molar refractivity (Wildman–Crippen MR) is 62.6 cm³/mol. The van der Waals surface area contributed by atoms with Crippen LogP contribution in [-0.4, -0.2) is 9.97 Å². The van der Waals surface area contributed by atoms with Crippen LogP contribution in [0.5, 0.6) is 11.6 Å². The highest BCUT2D eigenvalue weighted by Crippen LogP contribution is 2.31. The monoisotopic (exact) mass is 271 g/mol. The second-order valence-electron chi connectivity index (χ2n) is 3.46. The van der Waals surface area contributed by atoms with E-state index in [1.54, 1.807) is 6.92 Å². The first-order chi connectivity index (χ1) is 8.47. The van der Waals surface area contributed by atoms with Gasteiger partial charge < -0.3 is 10.5 Å². The van der Waals surface area contributed by atoms with Crippen LogP contribution < -0.4 is 10.5 Å². The molecule has 1 aromatic heterocycles. The molecule has 0 spiro atoms. The molecule has 2 rings (SSSR count). The fourth-order valence-electron chi connectivity index (χ4n) is 1.26. The summed E-state index contributed by atoms with van der Waals surface area (Å²) >= 11 is 5.74. The van der Waals surface area contributed by atoms with Gasteiger partial charge in [-0.15, -0.1) is 0 Å². The number of benzene rings is 1. The molecule has 1 heterocycles. The first-order valence-corrected chi connectivity index (χ1v) is 5.27. The van der Waals surface area contributed by atoms with Crippen molar-refractivity contribution < 1.29 is 13.5 Å². The first-order valence-electron chi connectivity index (χ1n) is 4.90. The van der Waals surface area contributed by atoms with Crippen molar-refractivity contribution in [2.45, 2.75) is 6.92 Å². The van der Waals surface area contributed by atoms with Crippen molar-refractivity contribution in [3.8, 4) is 11.6 Å². The van der Waals surface area contributed by atoms with Crippen molar-refractivity contribution >= 4 is 17.3 Å². The molecule has 0 bridgehead atoms. The molecule has 0 unspecified atom stereocenters. The lowest BCUT2D eigenvalue weighted by atomic mass is 10.3. The molecular weight excluding hydrogens is 264 g/mol. The molecule has 0 aliphatic rings. The molecule has 0 aliphatic carbocycles. The Labute approximate surface area is 106 Å². The van der Waals surface area contributed by atoms with Crippen LogP contribution in [-0.2, 0) is 0 Å². The number of hydrogen-bond donors (Lipinski definition) is 1. The maximum absolute atomic E-state index is 13.4. The number of anilines is 1. The molecule has 0 saturated carbocycles. The van der Waals surface area contributed by atoms with Crippen LogP contribution in [0.4, 0.5) is 14.5 Å². The SMILES string of the molecule is Cc1nc(Cl)c(N)c(Oc2ccc(F)cc2F)n1. The summed E-state index contributed by atoms with van der Waals surface area (Å²) in [5.41, 5.74) is 5.59. The third kappa shape index (κ3) is 2.48. The lowest BCUT2D eigenvalue weighted by Gasteiger charge is -2.09. The quantitative estimate of drug-likeness (QED) is 0.853. The molecule has 2 N–H and O–H groups in total. The summed E-state index contributed by atoms with van der Waals surface area (Å²) in [4.78, 5) is 7.70. The molecule has 2 aromatic rings. The van der Waals surface area contributed by atoms with E-state index in [2.05, 4.69) is 9.97 Å². The second kappa shape index (κ2) is 4.73. The van der Waals surface area contributed by atoms with Gasteiger partial charge in [0.25, 0.3) is 0 Å². The second-order valence-corrected chi connectivity index (χ2v) is 3.82. The summed E-state index contributed by atoms with van der Waals surface area (Å²) in [5.74, 6) is -1.51. The number of hydrogen-bond acceptors (Lipinski definition) is 4. The fraction of sp³-hybridized carbons (Fsp3) is 0.0909. The maximum atomic E-state index is 13.4. The number of ether oxygens (including phenoxy) is 1. The van der Waals surface area contributed by atoms with E-state index in [4.69, 9.17) is 22.1 Å². The zero-order chi connectivity index (χ0) is 13.3. The van der Waals surface area contributed by atoms with Crippen molar-refractivity contribution in [2.75, 3.05) is 5.73 Å². The van der Waals surface area contributed by atoms with Gasteiger partial charge in [-0.3, -0.25) is 0 Å². The van der Waals surface area contributed by atoms with Crippen molar-refractivity contribution in [3.63, 3.8) is 0 Å². The Balaban J connectivity index is 2.40. The fourth-order valence-corrected chi connectivity index (χ4v) is 1.47. The van der Waals surface area contributed by atoms with Crippen molar-refractivity contribution in [1.82, 2.24) is 9.97 Å². The molecule has 0 aliphatic heterocycles. The lowest BCUT2D eigenvalue weighted by Crippen LogP contribution is -2.01. The molecule has 1 aromatic carbocycles. The summed E-state index contributed by atoms with van der Waals surface area (Å²) in [6.45, 7) is 1.58. The van der Waals surface area contributed by atoms with Crippen molar-refractivity contribution in [3.05, 3.63) is 40.8 Å². The minimum absolute atomic E-state index is 0.00834. The Morgan fingerprint density at radius 1 is 1.28 bits per heavy atom. The topological polar surface area (TPSA) is 61.0 Å². The maximum Gasteiger partial charge on any atom is 0.247 e. The molecule has 4 nitrogen and oxygen atoms in total. The normalized spacial score (nSPS) is 10.4. The number of nitrogen functional groups attached to an aromatic ring is 1. The van der Waals surface area contributed by atoms with Gasteiger partial charge in [0.2, 0.25) is 5.88 Å². The van der Waals surface area contributed by atoms with Crippen molar-refractivity contribution in [2.24, 2.45) is 0 Å². The van der Waals surface area contributed by atoms with Crippen LogP contribution in [0.2, 0.25) is 5.15 Å². The first kappa shape index (κ1) is 12.5. The highest BCUT2D eigenvalue weighted by molar-refractivity contribution is 6.32. The molecule has 0 atom stereocenters. The average Bonchev–Trinajstić information content (AvgIpc) is 2.29. The Kier molecular flexibility index (Phi) is 3.29. The van der Waals surface area contributed by atoms with E-state index >= 15 is 0 Å². The zero-order valence-electron chi connectivity index (χ0n) is 9.25. The third-order valence-corrected chi connectivity index (χ3v) is 2.36. The molecule has 18 heavy (non-hydrogen) atoms. The summed E-state index contributed by atoms with van der Waals surface area (Å²) in [7, 11) is 0. The van der Waals surface area contributed by atoms with Gasteiger partial charge in [-0.25, -0.2) is 13.8 Å². The van der Waals surface area contributed by atoms with Gasteiger partial charge in [0.05, 0.1) is 0 Å². The summed E-state index contributed by atoms with van der Waals surface area (Å²) in [5, 5.41) is 0.0139. The van der Waals surface area contributed by atoms with Crippen molar-refractivity contribution in [1.29, 1.82) is 0 Å². The Morgan fingerprint density at radius 2 is 2.00 bits per heavy atom. The Hall–Kier alpha value is -1.95. The largest absolute Gasteiger partial charge is 0.434 e. The number of aromatic nitrogens is 2. The minimum Gasteiger partial charge on any atom is -0.434 e. The average molecular weight is 272 g/mol. The molecule has 0 fully saturated rings. The molecule has 94 valence electrons. The Morgan fingerprint density at radius 3 is 2.67 bits per heavy atom. The number of nitrogens with two attached hydrogens (primary N) is 1. The van der Waals surface area contributed by atoms with Crippen LogP contribution in [0.25, 0.3) is 0 Å². The summed E-state index contributed by atoms with van der Waals surface area (Å²) < 4.78 is 31.3. The third-order valence-electron chi connectivity index (χ3n) is 2.08. The van der Waals surface area contributed by atoms with E-state index in [1.807, 2.05) is 0 Å². The van der Waals surface area contributed by atoms with Crippen LogP contribution in [0.15, 0.2) is 18.2 Å². The summed E-state index contributed by atoms with van der Waals surface area (Å²) in [6, 6.07) is 2.89. The molecule has 0 radical (unpaired) electrons. The predicted octanol–water partition coefficient (Wildman–Crippen LogP) is 3.09.